The summed E-state index contributed by atoms with van der Waals surface area (Å²) in [5.41, 5.74) is -0.0621. The van der Waals surface area contributed by atoms with Crippen LogP contribution in [0.2, 0.25) is 0 Å². The molecule has 1 atom stereocenters. The molecule has 6 heteroatoms. The second-order valence-electron chi connectivity index (χ2n) is 4.94. The lowest BCUT2D eigenvalue weighted by Crippen LogP contribution is -2.45. The number of ether oxygens (including phenoxy) is 1. The monoisotopic (exact) mass is 279 g/mol. The smallest absolute Gasteiger partial charge is 0.252 e. The molecule has 1 aliphatic rings. The van der Waals surface area contributed by atoms with Gasteiger partial charge in [-0.1, -0.05) is 12.1 Å². The van der Waals surface area contributed by atoms with Crippen LogP contribution < -0.4 is 10.6 Å². The van der Waals surface area contributed by atoms with Gasteiger partial charge in [0.1, 0.15) is 11.4 Å². The van der Waals surface area contributed by atoms with Gasteiger partial charge in [0.25, 0.3) is 5.91 Å². The molecule has 1 saturated heterocycles. The first-order valence-electron chi connectivity index (χ1n) is 6.41. The van der Waals surface area contributed by atoms with E-state index in [-0.39, 0.29) is 11.7 Å². The number of halogens is 1. The van der Waals surface area contributed by atoms with E-state index in [1.54, 1.807) is 26.2 Å². The molecule has 5 nitrogen and oxygen atoms in total. The number of guanidine groups is 1. The number of carbonyl (C=O) groups excluding carboxylic acids is 1. The Morgan fingerprint density at radius 2 is 2.25 bits per heavy atom. The maximum Gasteiger partial charge on any atom is 0.252 e. The number of hydrogen-bond donors (Lipinski definition) is 2. The second kappa shape index (κ2) is 6.00. The predicted octanol–water partition coefficient (Wildman–Crippen LogP) is 0.849. The van der Waals surface area contributed by atoms with Crippen LogP contribution in [0, 0.1) is 5.82 Å². The molecule has 0 aromatic heterocycles. The van der Waals surface area contributed by atoms with Gasteiger partial charge >= 0.3 is 0 Å². The summed E-state index contributed by atoms with van der Waals surface area (Å²) in [6.45, 7) is 2.73. The van der Waals surface area contributed by atoms with Crippen molar-refractivity contribution in [3.8, 4) is 0 Å². The number of rotatable bonds is 5. The van der Waals surface area contributed by atoms with Gasteiger partial charge in [-0.3, -0.25) is 15.1 Å². The first-order valence-corrected chi connectivity index (χ1v) is 6.41. The molecule has 1 amide bonds. The maximum atomic E-state index is 13.2. The van der Waals surface area contributed by atoms with E-state index < -0.39 is 5.54 Å². The number of nitrogens with zero attached hydrogens (tertiary/aromatic N) is 1. The van der Waals surface area contributed by atoms with Gasteiger partial charge in [-0.05, 0) is 24.6 Å². The van der Waals surface area contributed by atoms with Crippen LogP contribution in [0.4, 0.5) is 4.39 Å². The molecule has 1 fully saturated rings. The molecule has 108 valence electrons. The minimum absolute atomic E-state index is 0.169. The van der Waals surface area contributed by atoms with Gasteiger partial charge in [-0.25, -0.2) is 4.39 Å². The first kappa shape index (κ1) is 14.5. The molecule has 20 heavy (non-hydrogen) atoms. The van der Waals surface area contributed by atoms with Crippen molar-refractivity contribution in [1.29, 1.82) is 0 Å². The molecule has 0 saturated carbocycles. The fraction of sp³-hybridized carbons (Fsp3) is 0.429. The summed E-state index contributed by atoms with van der Waals surface area (Å²) in [5, 5.41) is 5.74. The van der Waals surface area contributed by atoms with Crippen molar-refractivity contribution in [2.24, 2.45) is 4.99 Å². The molecule has 0 bridgehead atoms. The highest BCUT2D eigenvalue weighted by molar-refractivity contribution is 6.08. The van der Waals surface area contributed by atoms with E-state index in [0.717, 1.165) is 5.56 Å². The van der Waals surface area contributed by atoms with E-state index in [1.807, 2.05) is 0 Å². The molecule has 0 spiro atoms. The van der Waals surface area contributed by atoms with Crippen LogP contribution in [0.1, 0.15) is 12.5 Å². The molecule has 2 N–H and O–H groups in total. The number of amides is 1. The minimum Gasteiger partial charge on any atom is -0.383 e. The molecule has 1 aromatic rings. The fourth-order valence-electron chi connectivity index (χ4n) is 2.10. The van der Waals surface area contributed by atoms with Gasteiger partial charge in [0.2, 0.25) is 0 Å². The average Bonchev–Trinajstić information content (AvgIpc) is 2.65. The van der Waals surface area contributed by atoms with Crippen LogP contribution in [0.15, 0.2) is 29.3 Å². The van der Waals surface area contributed by atoms with E-state index in [2.05, 4.69) is 15.6 Å². The molecule has 1 heterocycles. The lowest BCUT2D eigenvalue weighted by atomic mass is 9.93. The Bertz CT molecular complexity index is 533. The Morgan fingerprint density at radius 3 is 2.95 bits per heavy atom. The van der Waals surface area contributed by atoms with E-state index in [4.69, 9.17) is 4.74 Å². The largest absolute Gasteiger partial charge is 0.383 e. The third-order valence-corrected chi connectivity index (χ3v) is 3.14. The van der Waals surface area contributed by atoms with E-state index in [1.165, 1.54) is 12.1 Å². The Morgan fingerprint density at radius 1 is 1.45 bits per heavy atom. The van der Waals surface area contributed by atoms with Crippen molar-refractivity contribution in [2.75, 3.05) is 20.3 Å². The lowest BCUT2D eigenvalue weighted by Gasteiger charge is -2.21. The van der Waals surface area contributed by atoms with Crippen molar-refractivity contribution >= 4 is 11.9 Å². The van der Waals surface area contributed by atoms with Gasteiger partial charge in [-0.2, -0.15) is 0 Å². The fourth-order valence-corrected chi connectivity index (χ4v) is 2.10. The molecule has 1 aromatic carbocycles. The normalized spacial score (nSPS) is 23.8. The molecular formula is C14H18FN3O2. The topological polar surface area (TPSA) is 62.7 Å². The number of carbonyl (C=O) groups is 1. The molecule has 1 unspecified atom stereocenters. The summed E-state index contributed by atoms with van der Waals surface area (Å²) < 4.78 is 18.1. The average molecular weight is 279 g/mol. The third kappa shape index (κ3) is 3.33. The predicted molar refractivity (Wildman–Crippen MR) is 74.0 cm³/mol. The van der Waals surface area contributed by atoms with E-state index >= 15 is 0 Å². The molecule has 0 radical (unpaired) electrons. The van der Waals surface area contributed by atoms with Crippen molar-refractivity contribution < 1.29 is 13.9 Å². The van der Waals surface area contributed by atoms with Crippen LogP contribution in [0.3, 0.4) is 0 Å². The van der Waals surface area contributed by atoms with Gasteiger partial charge < -0.3 is 10.1 Å². The van der Waals surface area contributed by atoms with Crippen LogP contribution in [0.25, 0.3) is 0 Å². The molecule has 2 rings (SSSR count). The van der Waals surface area contributed by atoms with Crippen LogP contribution >= 0.6 is 0 Å². The minimum atomic E-state index is -0.820. The second-order valence-corrected chi connectivity index (χ2v) is 4.94. The SMILES string of the molecule is COCCN=C1NC(=O)C(C)(Cc2cccc(F)c2)N1. The summed E-state index contributed by atoms with van der Waals surface area (Å²) >= 11 is 0. The van der Waals surface area contributed by atoms with Gasteiger partial charge in [0, 0.05) is 13.5 Å². The Hall–Kier alpha value is -1.95. The summed E-state index contributed by atoms with van der Waals surface area (Å²) in [4.78, 5) is 16.2. The molecule has 1 aliphatic heterocycles. The number of methoxy groups -OCH3 is 1. The highest BCUT2D eigenvalue weighted by Gasteiger charge is 2.40. The summed E-state index contributed by atoms with van der Waals surface area (Å²) in [5.74, 6) is -0.0395. The Labute approximate surface area is 117 Å². The van der Waals surface area contributed by atoms with Crippen molar-refractivity contribution in [3.05, 3.63) is 35.6 Å². The highest BCUT2D eigenvalue weighted by Crippen LogP contribution is 2.17. The summed E-state index contributed by atoms with van der Waals surface area (Å²) in [6.07, 6.45) is 0.389. The summed E-state index contributed by atoms with van der Waals surface area (Å²) in [6, 6.07) is 6.24. The van der Waals surface area contributed by atoms with Gasteiger partial charge in [0.15, 0.2) is 5.96 Å². The summed E-state index contributed by atoms with van der Waals surface area (Å²) in [7, 11) is 1.59. The quantitative estimate of drug-likeness (QED) is 0.785. The lowest BCUT2D eigenvalue weighted by molar-refractivity contribution is -0.123. The van der Waals surface area contributed by atoms with E-state index in [9.17, 15) is 9.18 Å². The van der Waals surface area contributed by atoms with E-state index in [0.29, 0.717) is 25.5 Å². The highest BCUT2D eigenvalue weighted by atomic mass is 19.1. The third-order valence-electron chi connectivity index (χ3n) is 3.14. The molecular weight excluding hydrogens is 261 g/mol. The van der Waals surface area contributed by atoms with Gasteiger partial charge in [0.05, 0.1) is 13.2 Å². The van der Waals surface area contributed by atoms with Crippen molar-refractivity contribution in [1.82, 2.24) is 10.6 Å². The van der Waals surface area contributed by atoms with Crippen molar-refractivity contribution in [2.45, 2.75) is 18.9 Å². The van der Waals surface area contributed by atoms with Crippen LogP contribution in [0.5, 0.6) is 0 Å². The zero-order valence-electron chi connectivity index (χ0n) is 11.6. The number of hydrogen-bond acceptors (Lipinski definition) is 3. The standard InChI is InChI=1S/C14H18FN3O2/c1-14(9-10-4-3-5-11(15)8-10)12(19)17-13(18-14)16-6-7-20-2/h3-5,8H,6-7,9H2,1-2H3,(H2,16,17,18,19). The zero-order chi connectivity index (χ0) is 14.6. The van der Waals surface area contributed by atoms with Gasteiger partial charge in [-0.15, -0.1) is 0 Å². The van der Waals surface area contributed by atoms with Crippen molar-refractivity contribution in [3.63, 3.8) is 0 Å². The Kier molecular flexibility index (Phi) is 4.34. The van der Waals surface area contributed by atoms with Crippen LogP contribution in [-0.2, 0) is 16.0 Å². The zero-order valence-corrected chi connectivity index (χ0v) is 11.6. The van der Waals surface area contributed by atoms with Crippen LogP contribution in [-0.4, -0.2) is 37.7 Å². The maximum absolute atomic E-state index is 13.2. The number of nitrogens with one attached hydrogen (secondary N) is 2. The molecule has 0 aliphatic carbocycles. The number of benzene rings is 1. The number of aliphatic imine (C=N–C) groups is 1. The Balaban J connectivity index is 2.07. The first-order chi connectivity index (χ1) is 9.53.